The highest BCUT2D eigenvalue weighted by Crippen LogP contribution is 2.20. The number of carbonyl (C=O) groups is 1. The lowest BCUT2D eigenvalue weighted by molar-refractivity contribution is 0.0690. The molecule has 0 aliphatic rings. The van der Waals surface area contributed by atoms with E-state index >= 15 is 0 Å². The second kappa shape index (κ2) is 5.24. The number of carboxylic acids is 1. The number of hydrogen-bond acceptors (Lipinski definition) is 3. The van der Waals surface area contributed by atoms with Crippen LogP contribution < -0.4 is 0 Å². The number of fused-ring (bicyclic) bond motifs is 1. The molecular weight excluding hydrogens is 266 g/mol. The Balaban J connectivity index is 2.64. The summed E-state index contributed by atoms with van der Waals surface area (Å²) < 4.78 is 1.30. The molecule has 0 aliphatic carbocycles. The molecule has 0 spiro atoms. The van der Waals surface area contributed by atoms with Crippen LogP contribution in [0.1, 0.15) is 30.0 Å². The minimum atomic E-state index is -1.11. The Labute approximate surface area is 114 Å². The van der Waals surface area contributed by atoms with Crippen LogP contribution in [0.4, 0.5) is 0 Å². The van der Waals surface area contributed by atoms with E-state index in [2.05, 4.69) is 10.1 Å². The molecule has 2 heterocycles. The van der Waals surface area contributed by atoms with Crippen molar-refractivity contribution in [1.82, 2.24) is 14.6 Å². The summed E-state index contributed by atoms with van der Waals surface area (Å²) in [7, 11) is 0. The first kappa shape index (κ1) is 13.3. The van der Waals surface area contributed by atoms with E-state index in [0.29, 0.717) is 16.5 Å². The summed E-state index contributed by atoms with van der Waals surface area (Å²) in [5.74, 6) is -1.11. The van der Waals surface area contributed by atoms with Crippen LogP contribution in [0.5, 0.6) is 0 Å². The number of aromatic carboxylic acids is 1. The Morgan fingerprint density at radius 2 is 2.11 bits per heavy atom. The second-order valence-corrected chi connectivity index (χ2v) is 4.20. The fraction of sp³-hybridized carbons (Fsp3) is 0.154. The molecule has 0 amide bonds. The van der Waals surface area contributed by atoms with Gasteiger partial charge >= 0.3 is 5.97 Å². The molecule has 0 atom stereocenters. The molecule has 98 valence electrons. The van der Waals surface area contributed by atoms with Crippen molar-refractivity contribution in [3.8, 4) is 0 Å². The van der Waals surface area contributed by atoms with Crippen LogP contribution in [0.25, 0.3) is 11.2 Å². The maximum Gasteiger partial charge on any atom is 0.356 e. The highest BCUT2D eigenvalue weighted by molar-refractivity contribution is 6.29. The van der Waals surface area contributed by atoms with E-state index in [9.17, 15) is 4.79 Å². The molecule has 0 saturated carbocycles. The summed E-state index contributed by atoms with van der Waals surface area (Å²) in [6.45, 7) is 3.80. The average molecular weight is 278 g/mol. The van der Waals surface area contributed by atoms with Crippen LogP contribution in [0.2, 0.25) is 5.15 Å². The first-order valence-electron chi connectivity index (χ1n) is 5.65. The van der Waals surface area contributed by atoms with Gasteiger partial charge in [0.05, 0.1) is 5.69 Å². The van der Waals surface area contributed by atoms with E-state index in [4.69, 9.17) is 16.7 Å². The third-order valence-corrected chi connectivity index (χ3v) is 2.83. The molecule has 19 heavy (non-hydrogen) atoms. The zero-order chi connectivity index (χ0) is 14.0. The minimum absolute atomic E-state index is 0.0837. The number of rotatable bonds is 3. The molecule has 0 saturated heterocycles. The molecule has 5 nitrogen and oxygen atoms in total. The third kappa shape index (κ3) is 2.51. The summed E-state index contributed by atoms with van der Waals surface area (Å²) in [6.07, 6.45) is 5.71. The monoisotopic (exact) mass is 277 g/mol. The van der Waals surface area contributed by atoms with Crippen molar-refractivity contribution in [3.63, 3.8) is 0 Å². The van der Waals surface area contributed by atoms with Crippen LogP contribution in [-0.4, -0.2) is 25.7 Å². The van der Waals surface area contributed by atoms with Crippen molar-refractivity contribution in [2.45, 2.75) is 13.8 Å². The van der Waals surface area contributed by atoms with Crippen molar-refractivity contribution >= 4 is 28.8 Å². The molecule has 0 aromatic carbocycles. The maximum absolute atomic E-state index is 10.9. The average Bonchev–Trinajstić information content (AvgIpc) is 2.80. The minimum Gasteiger partial charge on any atom is -0.476 e. The van der Waals surface area contributed by atoms with Gasteiger partial charge in [-0.15, -0.1) is 0 Å². The predicted octanol–water partition coefficient (Wildman–Crippen LogP) is 3.06. The summed E-state index contributed by atoms with van der Waals surface area (Å²) in [6, 6.07) is 3.04. The number of hydrogen-bond donors (Lipinski definition) is 1. The van der Waals surface area contributed by atoms with Gasteiger partial charge in [0.25, 0.3) is 0 Å². The number of carboxylic acid groups (broad SMARTS) is 1. The molecule has 0 unspecified atom stereocenters. The Morgan fingerprint density at radius 1 is 1.37 bits per heavy atom. The fourth-order valence-electron chi connectivity index (χ4n) is 1.70. The van der Waals surface area contributed by atoms with E-state index in [1.54, 1.807) is 6.07 Å². The Kier molecular flexibility index (Phi) is 3.66. The lowest BCUT2D eigenvalue weighted by Gasteiger charge is -2.03. The number of halogens is 1. The SMILES string of the molecule is C/C=C\C(=C/C)c1cc(Cl)n2nc(C(=O)O)cc2n1. The zero-order valence-electron chi connectivity index (χ0n) is 10.5. The maximum atomic E-state index is 10.9. The summed E-state index contributed by atoms with van der Waals surface area (Å²) in [4.78, 5) is 15.3. The zero-order valence-corrected chi connectivity index (χ0v) is 11.2. The first-order chi connectivity index (χ1) is 9.06. The topological polar surface area (TPSA) is 67.5 Å². The van der Waals surface area contributed by atoms with Crippen LogP contribution in [0, 0.1) is 0 Å². The quantitative estimate of drug-likeness (QED) is 0.691. The summed E-state index contributed by atoms with van der Waals surface area (Å²) in [5, 5.41) is 13.1. The van der Waals surface area contributed by atoms with Crippen LogP contribution in [-0.2, 0) is 0 Å². The highest BCUT2D eigenvalue weighted by Gasteiger charge is 2.13. The molecule has 0 fully saturated rings. The van der Waals surface area contributed by atoms with Gasteiger partial charge in [0.15, 0.2) is 11.3 Å². The van der Waals surface area contributed by atoms with Gasteiger partial charge in [-0.1, -0.05) is 29.8 Å². The molecule has 0 bridgehead atoms. The van der Waals surface area contributed by atoms with Gasteiger partial charge in [0.2, 0.25) is 0 Å². The largest absolute Gasteiger partial charge is 0.476 e. The molecule has 2 aromatic rings. The summed E-state index contributed by atoms with van der Waals surface area (Å²) in [5.41, 5.74) is 1.91. The van der Waals surface area contributed by atoms with Crippen molar-refractivity contribution in [3.05, 3.63) is 46.9 Å². The molecule has 6 heteroatoms. The molecule has 0 aliphatic heterocycles. The molecule has 2 rings (SSSR count). The van der Waals surface area contributed by atoms with Gasteiger partial charge in [-0.2, -0.15) is 5.10 Å². The Bertz CT molecular complexity index is 701. The van der Waals surface area contributed by atoms with Crippen LogP contribution >= 0.6 is 11.6 Å². The Hall–Kier alpha value is -2.14. The molecule has 1 N–H and O–H groups in total. The van der Waals surface area contributed by atoms with Gasteiger partial charge in [-0.25, -0.2) is 14.3 Å². The van der Waals surface area contributed by atoms with Gasteiger partial charge in [-0.05, 0) is 19.4 Å². The molecule has 0 radical (unpaired) electrons. The highest BCUT2D eigenvalue weighted by atomic mass is 35.5. The van der Waals surface area contributed by atoms with E-state index < -0.39 is 5.97 Å². The predicted molar refractivity (Wildman–Crippen MR) is 73.4 cm³/mol. The van der Waals surface area contributed by atoms with Crippen LogP contribution in [0.15, 0.2) is 30.4 Å². The molecule has 2 aromatic heterocycles. The lowest BCUT2D eigenvalue weighted by atomic mass is 10.1. The first-order valence-corrected chi connectivity index (χ1v) is 6.03. The number of allylic oxidation sites excluding steroid dienone is 4. The van der Waals surface area contributed by atoms with Gasteiger partial charge in [-0.3, -0.25) is 0 Å². The van der Waals surface area contributed by atoms with Gasteiger partial charge < -0.3 is 5.11 Å². The van der Waals surface area contributed by atoms with E-state index in [1.165, 1.54) is 10.6 Å². The summed E-state index contributed by atoms with van der Waals surface area (Å²) >= 11 is 6.10. The third-order valence-electron chi connectivity index (χ3n) is 2.56. The van der Waals surface area contributed by atoms with E-state index in [1.807, 2.05) is 32.1 Å². The fourth-order valence-corrected chi connectivity index (χ4v) is 1.93. The van der Waals surface area contributed by atoms with Crippen LogP contribution in [0.3, 0.4) is 0 Å². The normalized spacial score (nSPS) is 12.5. The van der Waals surface area contributed by atoms with Gasteiger partial charge in [0, 0.05) is 12.1 Å². The van der Waals surface area contributed by atoms with Crippen molar-refractivity contribution in [2.24, 2.45) is 0 Å². The Morgan fingerprint density at radius 3 is 2.68 bits per heavy atom. The lowest BCUT2D eigenvalue weighted by Crippen LogP contribution is -1.99. The molecular formula is C13H12ClN3O2. The number of aromatic nitrogens is 3. The van der Waals surface area contributed by atoms with Gasteiger partial charge in [0.1, 0.15) is 5.15 Å². The smallest absolute Gasteiger partial charge is 0.356 e. The van der Waals surface area contributed by atoms with Crippen molar-refractivity contribution in [1.29, 1.82) is 0 Å². The second-order valence-electron chi connectivity index (χ2n) is 3.81. The number of nitrogens with zero attached hydrogens (tertiary/aromatic N) is 3. The van der Waals surface area contributed by atoms with Crippen molar-refractivity contribution in [2.75, 3.05) is 0 Å². The van der Waals surface area contributed by atoms with E-state index in [0.717, 1.165) is 5.57 Å². The standard InChI is InChI=1S/C13H12ClN3O2/c1-3-5-8(4-2)9-6-11(14)17-12(15-9)7-10(16-17)13(18)19/h3-7H,1-2H3,(H,18,19)/b5-3-,8-4+. The van der Waals surface area contributed by atoms with Crippen molar-refractivity contribution < 1.29 is 9.90 Å². The van der Waals surface area contributed by atoms with E-state index in [-0.39, 0.29) is 5.69 Å².